The summed E-state index contributed by atoms with van der Waals surface area (Å²) >= 11 is 0. The van der Waals surface area contributed by atoms with E-state index in [0.717, 1.165) is 58.2 Å². The van der Waals surface area contributed by atoms with Crippen molar-refractivity contribution in [3.63, 3.8) is 0 Å². The standard InChI is InChI=1S/C25H42F2O6/c1-4-5-15-25(26,27)23(33-19(3)29)14-12-20-11-13-22(32-18(2)28)21(20)9-6-7-10-24-30-16-8-17-31-24/h20-24H,4-17H2,1-3H3/t20-,21-,22+,23?/m1/s1. The van der Waals surface area contributed by atoms with Crippen molar-refractivity contribution in [2.24, 2.45) is 11.8 Å². The lowest BCUT2D eigenvalue weighted by atomic mass is 9.85. The predicted octanol–water partition coefficient (Wildman–Crippen LogP) is 5.81. The SMILES string of the molecule is CCCCC(F)(F)C(CC[C@H]1CC[C@H](OC(C)=O)[C@@H]1CCCCC1OCCCO1)OC(C)=O. The van der Waals surface area contributed by atoms with Crippen molar-refractivity contribution in [1.82, 2.24) is 0 Å². The highest BCUT2D eigenvalue weighted by Crippen LogP contribution is 2.42. The van der Waals surface area contributed by atoms with Crippen LogP contribution in [0.3, 0.4) is 0 Å². The van der Waals surface area contributed by atoms with Crippen molar-refractivity contribution in [2.75, 3.05) is 13.2 Å². The quantitative estimate of drug-likeness (QED) is 0.233. The molecule has 1 aliphatic carbocycles. The van der Waals surface area contributed by atoms with Gasteiger partial charge in [-0.1, -0.05) is 19.8 Å². The van der Waals surface area contributed by atoms with E-state index in [1.807, 2.05) is 6.92 Å². The van der Waals surface area contributed by atoms with Gasteiger partial charge >= 0.3 is 11.9 Å². The molecule has 0 aromatic rings. The van der Waals surface area contributed by atoms with Gasteiger partial charge < -0.3 is 18.9 Å². The van der Waals surface area contributed by atoms with Crippen molar-refractivity contribution in [3.8, 4) is 0 Å². The van der Waals surface area contributed by atoms with Crippen LogP contribution in [0.4, 0.5) is 8.78 Å². The van der Waals surface area contributed by atoms with Gasteiger partial charge in [0.2, 0.25) is 0 Å². The number of carbonyl (C=O) groups is 2. The number of halogens is 2. The minimum Gasteiger partial charge on any atom is -0.462 e. The molecule has 0 bridgehead atoms. The molecule has 0 aromatic carbocycles. The lowest BCUT2D eigenvalue weighted by Crippen LogP contribution is -2.38. The minimum absolute atomic E-state index is 0.119. The Hall–Kier alpha value is -1.28. The molecule has 33 heavy (non-hydrogen) atoms. The molecule has 8 heteroatoms. The number of alkyl halides is 2. The lowest BCUT2D eigenvalue weighted by Gasteiger charge is -2.29. The Morgan fingerprint density at radius 1 is 1.00 bits per heavy atom. The van der Waals surface area contributed by atoms with Crippen LogP contribution in [0.1, 0.15) is 97.8 Å². The molecule has 1 saturated heterocycles. The van der Waals surface area contributed by atoms with Gasteiger partial charge in [0.1, 0.15) is 6.10 Å². The summed E-state index contributed by atoms with van der Waals surface area (Å²) in [6.45, 7) is 5.92. The molecule has 192 valence electrons. The van der Waals surface area contributed by atoms with Crippen LogP contribution in [0, 0.1) is 11.8 Å². The van der Waals surface area contributed by atoms with Gasteiger partial charge in [-0.15, -0.1) is 0 Å². The molecule has 0 aromatic heterocycles. The van der Waals surface area contributed by atoms with E-state index < -0.39 is 18.0 Å². The number of hydrogen-bond donors (Lipinski definition) is 0. The van der Waals surface area contributed by atoms with Crippen molar-refractivity contribution in [1.29, 1.82) is 0 Å². The Balaban J connectivity index is 1.92. The maximum Gasteiger partial charge on any atom is 0.303 e. The van der Waals surface area contributed by atoms with Crippen molar-refractivity contribution < 1.29 is 37.3 Å². The third-order valence-electron chi connectivity index (χ3n) is 6.79. The van der Waals surface area contributed by atoms with Gasteiger partial charge in [-0.3, -0.25) is 9.59 Å². The van der Waals surface area contributed by atoms with E-state index >= 15 is 0 Å². The van der Waals surface area contributed by atoms with Gasteiger partial charge in [0.15, 0.2) is 12.4 Å². The topological polar surface area (TPSA) is 71.1 Å². The fourth-order valence-electron chi connectivity index (χ4n) is 5.14. The fourth-order valence-corrected chi connectivity index (χ4v) is 5.14. The molecule has 0 N–H and O–H groups in total. The third-order valence-corrected chi connectivity index (χ3v) is 6.79. The Kier molecular flexibility index (Phi) is 12.0. The highest BCUT2D eigenvalue weighted by Gasteiger charge is 2.43. The number of rotatable bonds is 14. The summed E-state index contributed by atoms with van der Waals surface area (Å²) < 4.78 is 51.2. The van der Waals surface area contributed by atoms with Gasteiger partial charge in [-0.2, -0.15) is 0 Å². The average Bonchev–Trinajstić information content (AvgIpc) is 3.13. The molecule has 1 unspecified atom stereocenters. The molecule has 0 spiro atoms. The first kappa shape index (κ1) is 28.0. The van der Waals surface area contributed by atoms with Crippen molar-refractivity contribution >= 4 is 11.9 Å². The average molecular weight is 477 g/mol. The van der Waals surface area contributed by atoms with E-state index in [1.54, 1.807) is 0 Å². The zero-order valence-electron chi connectivity index (χ0n) is 20.5. The van der Waals surface area contributed by atoms with Gasteiger partial charge in [-0.25, -0.2) is 8.78 Å². The van der Waals surface area contributed by atoms with Crippen LogP contribution >= 0.6 is 0 Å². The third kappa shape index (κ3) is 9.85. The van der Waals surface area contributed by atoms with Crippen molar-refractivity contribution in [2.45, 2.75) is 122 Å². The van der Waals surface area contributed by atoms with E-state index in [-0.39, 0.29) is 43.0 Å². The van der Waals surface area contributed by atoms with E-state index in [9.17, 15) is 18.4 Å². The van der Waals surface area contributed by atoms with Gasteiger partial charge in [0, 0.05) is 20.3 Å². The lowest BCUT2D eigenvalue weighted by molar-refractivity contribution is -0.181. The van der Waals surface area contributed by atoms with Crippen LogP contribution in [0.5, 0.6) is 0 Å². The van der Waals surface area contributed by atoms with Crippen LogP contribution in [0.25, 0.3) is 0 Å². The Bertz CT molecular complexity index is 593. The summed E-state index contributed by atoms with van der Waals surface area (Å²) in [4.78, 5) is 23.1. The van der Waals surface area contributed by atoms with Gasteiger partial charge in [0.25, 0.3) is 5.92 Å². The zero-order valence-corrected chi connectivity index (χ0v) is 20.5. The first-order chi connectivity index (χ1) is 15.7. The predicted molar refractivity (Wildman–Crippen MR) is 120 cm³/mol. The molecular weight excluding hydrogens is 434 g/mol. The largest absolute Gasteiger partial charge is 0.462 e. The number of unbranched alkanes of at least 4 members (excludes halogenated alkanes) is 2. The number of carbonyl (C=O) groups excluding carboxylic acids is 2. The van der Waals surface area contributed by atoms with Crippen LogP contribution in [0.2, 0.25) is 0 Å². The van der Waals surface area contributed by atoms with E-state index in [0.29, 0.717) is 19.3 Å². The van der Waals surface area contributed by atoms with E-state index in [2.05, 4.69) is 0 Å². The number of ether oxygens (including phenoxy) is 4. The molecule has 4 atom stereocenters. The second kappa shape index (κ2) is 14.2. The molecule has 0 radical (unpaired) electrons. The summed E-state index contributed by atoms with van der Waals surface area (Å²) in [6.07, 6.45) is 5.74. The normalized spacial score (nSPS) is 25.1. The van der Waals surface area contributed by atoms with Crippen LogP contribution < -0.4 is 0 Å². The van der Waals surface area contributed by atoms with Gasteiger partial charge in [-0.05, 0) is 69.6 Å². The molecule has 6 nitrogen and oxygen atoms in total. The molecular formula is C25H42F2O6. The molecule has 2 rings (SSSR count). The monoisotopic (exact) mass is 476 g/mol. The summed E-state index contributed by atoms with van der Waals surface area (Å²) in [7, 11) is 0. The number of esters is 2. The molecule has 1 saturated carbocycles. The minimum atomic E-state index is -3.04. The van der Waals surface area contributed by atoms with E-state index in [1.165, 1.54) is 13.8 Å². The second-order valence-corrected chi connectivity index (χ2v) is 9.50. The maximum atomic E-state index is 14.7. The first-order valence-electron chi connectivity index (χ1n) is 12.7. The molecule has 2 aliphatic rings. The maximum absolute atomic E-state index is 14.7. The summed E-state index contributed by atoms with van der Waals surface area (Å²) in [6, 6.07) is 0. The number of hydrogen-bond acceptors (Lipinski definition) is 6. The van der Waals surface area contributed by atoms with Crippen LogP contribution in [0.15, 0.2) is 0 Å². The second-order valence-electron chi connectivity index (χ2n) is 9.50. The zero-order chi connectivity index (χ0) is 24.3. The summed E-state index contributed by atoms with van der Waals surface area (Å²) in [5, 5.41) is 0. The highest BCUT2D eigenvalue weighted by molar-refractivity contribution is 5.66. The Morgan fingerprint density at radius 3 is 2.33 bits per heavy atom. The van der Waals surface area contributed by atoms with E-state index in [4.69, 9.17) is 18.9 Å². The van der Waals surface area contributed by atoms with Crippen molar-refractivity contribution in [3.05, 3.63) is 0 Å². The Labute approximate surface area is 197 Å². The first-order valence-corrected chi connectivity index (χ1v) is 12.7. The Morgan fingerprint density at radius 2 is 1.70 bits per heavy atom. The van der Waals surface area contributed by atoms with Crippen LogP contribution in [-0.2, 0) is 28.5 Å². The fraction of sp³-hybridized carbons (Fsp3) is 0.920. The molecule has 2 fully saturated rings. The molecule has 0 amide bonds. The smallest absolute Gasteiger partial charge is 0.303 e. The molecule has 1 heterocycles. The van der Waals surface area contributed by atoms with Gasteiger partial charge in [0.05, 0.1) is 13.2 Å². The summed E-state index contributed by atoms with van der Waals surface area (Å²) in [5.41, 5.74) is 0. The highest BCUT2D eigenvalue weighted by atomic mass is 19.3. The van der Waals surface area contributed by atoms with Crippen LogP contribution in [-0.4, -0.2) is 49.6 Å². The summed E-state index contributed by atoms with van der Waals surface area (Å²) in [5.74, 6) is -3.73. The molecule has 1 aliphatic heterocycles.